The van der Waals surface area contributed by atoms with Crippen LogP contribution in [0.4, 0.5) is 11.4 Å². The molecule has 0 saturated carbocycles. The van der Waals surface area contributed by atoms with Crippen LogP contribution >= 0.6 is 0 Å². The normalized spacial score (nSPS) is 15.5. The molecule has 0 aliphatic carbocycles. The van der Waals surface area contributed by atoms with Crippen molar-refractivity contribution in [2.45, 2.75) is 25.8 Å². The number of hydrogen-bond donors (Lipinski definition) is 2. The number of rotatable bonds is 8. The molecule has 0 atom stereocenters. The van der Waals surface area contributed by atoms with Crippen LogP contribution in [0.15, 0.2) is 40.1 Å². The molecule has 0 bridgehead atoms. The zero-order chi connectivity index (χ0) is 18.4. The molecule has 26 heavy (non-hydrogen) atoms. The van der Waals surface area contributed by atoms with Crippen molar-refractivity contribution in [2.75, 3.05) is 37.3 Å². The van der Waals surface area contributed by atoms with Crippen LogP contribution in [0, 0.1) is 0 Å². The highest BCUT2D eigenvalue weighted by Crippen LogP contribution is 2.15. The van der Waals surface area contributed by atoms with Gasteiger partial charge < -0.3 is 15.8 Å². The molecule has 138 valence electrons. The maximum atomic E-state index is 11.2. The van der Waals surface area contributed by atoms with Crippen LogP contribution in [-0.4, -0.2) is 36.1 Å². The number of nitrogens with zero attached hydrogens (tertiary/aromatic N) is 2. The molecule has 3 rings (SSSR count). The second kappa shape index (κ2) is 8.62. The number of nitrogens with two attached hydrogens (primary N) is 1. The van der Waals surface area contributed by atoms with E-state index < -0.39 is 10.9 Å². The third kappa shape index (κ3) is 4.49. The summed E-state index contributed by atoms with van der Waals surface area (Å²) in [7, 11) is 0. The largest absolute Gasteiger partial charge is 0.473 e. The van der Waals surface area contributed by atoms with Gasteiger partial charge in [-0.05, 0) is 43.6 Å². The number of anilines is 2. The minimum absolute atomic E-state index is 0.00868. The third-order valence-electron chi connectivity index (χ3n) is 4.49. The average Bonchev–Trinajstić information content (AvgIpc) is 2.67. The van der Waals surface area contributed by atoms with Gasteiger partial charge >= 0.3 is 0 Å². The first-order chi connectivity index (χ1) is 12.6. The molecule has 7 heteroatoms. The second-order valence-corrected chi connectivity index (χ2v) is 6.45. The Morgan fingerprint density at radius 3 is 2.77 bits per heavy atom. The lowest BCUT2D eigenvalue weighted by Crippen LogP contribution is -2.37. The summed E-state index contributed by atoms with van der Waals surface area (Å²) in [6.45, 7) is 4.03. The first-order valence-electron chi connectivity index (χ1n) is 8.93. The van der Waals surface area contributed by atoms with E-state index in [1.54, 1.807) is 6.20 Å². The Morgan fingerprint density at radius 2 is 2.00 bits per heavy atom. The topological polar surface area (TPSA) is 97.6 Å². The predicted molar refractivity (Wildman–Crippen MR) is 102 cm³/mol. The first kappa shape index (κ1) is 18.1. The van der Waals surface area contributed by atoms with Gasteiger partial charge in [-0.3, -0.25) is 14.5 Å². The molecule has 0 unspecified atom stereocenters. The molecule has 1 saturated heterocycles. The fourth-order valence-corrected chi connectivity index (χ4v) is 3.03. The zero-order valence-corrected chi connectivity index (χ0v) is 14.7. The number of nitrogens with one attached hydrogen (secondary N) is 1. The number of likely N-dealkylation sites (tertiary alicyclic amines) is 1. The highest BCUT2D eigenvalue weighted by Gasteiger charge is 2.16. The van der Waals surface area contributed by atoms with Gasteiger partial charge in [-0.2, -0.15) is 0 Å². The zero-order valence-electron chi connectivity index (χ0n) is 14.7. The van der Waals surface area contributed by atoms with Gasteiger partial charge in [0.1, 0.15) is 18.0 Å². The minimum atomic E-state index is -0.615. The average molecular weight is 356 g/mol. The van der Waals surface area contributed by atoms with Crippen molar-refractivity contribution in [1.29, 1.82) is 0 Å². The summed E-state index contributed by atoms with van der Waals surface area (Å²) in [6, 6.07) is 4.00. The molecule has 0 amide bonds. The summed E-state index contributed by atoms with van der Waals surface area (Å²) >= 11 is 0. The molecule has 3 N–H and O–H groups in total. The van der Waals surface area contributed by atoms with Crippen molar-refractivity contribution in [3.05, 3.63) is 56.5 Å². The number of piperidine rings is 1. The van der Waals surface area contributed by atoms with Crippen LogP contribution in [0.3, 0.4) is 0 Å². The molecule has 1 aromatic heterocycles. The summed E-state index contributed by atoms with van der Waals surface area (Å²) in [5.41, 5.74) is 5.69. The summed E-state index contributed by atoms with van der Waals surface area (Å²) in [5.74, 6) is 0.601. The van der Waals surface area contributed by atoms with E-state index in [-0.39, 0.29) is 11.4 Å². The van der Waals surface area contributed by atoms with Gasteiger partial charge in [0.2, 0.25) is 5.88 Å². The Bertz CT molecular complexity index is 834. The van der Waals surface area contributed by atoms with Crippen LogP contribution in [-0.2, 0) is 6.54 Å². The predicted octanol–water partition coefficient (Wildman–Crippen LogP) is 1.29. The van der Waals surface area contributed by atoms with Gasteiger partial charge in [0.25, 0.3) is 10.9 Å². The molecule has 1 aliphatic rings. The van der Waals surface area contributed by atoms with Crippen LogP contribution < -0.4 is 26.6 Å². The van der Waals surface area contributed by atoms with Gasteiger partial charge in [-0.1, -0.05) is 12.5 Å². The monoisotopic (exact) mass is 356 g/mol. The quantitative estimate of drug-likeness (QED) is 0.543. The number of hydrogen-bond acceptors (Lipinski definition) is 7. The Labute approximate surface area is 152 Å². The van der Waals surface area contributed by atoms with Crippen molar-refractivity contribution >= 4 is 11.4 Å². The van der Waals surface area contributed by atoms with Crippen LogP contribution in [0.2, 0.25) is 0 Å². The van der Waals surface area contributed by atoms with E-state index in [1.165, 1.54) is 24.8 Å². The van der Waals surface area contributed by atoms with Crippen molar-refractivity contribution in [2.24, 2.45) is 0 Å². The fourth-order valence-electron chi connectivity index (χ4n) is 3.03. The van der Waals surface area contributed by atoms with E-state index in [0.717, 1.165) is 19.6 Å². The third-order valence-corrected chi connectivity index (χ3v) is 4.49. The van der Waals surface area contributed by atoms with Crippen LogP contribution in [0.5, 0.6) is 5.88 Å². The van der Waals surface area contributed by atoms with E-state index in [0.29, 0.717) is 19.0 Å². The Morgan fingerprint density at radius 1 is 1.19 bits per heavy atom. The van der Waals surface area contributed by atoms with Crippen LogP contribution in [0.25, 0.3) is 0 Å². The summed E-state index contributed by atoms with van der Waals surface area (Å²) < 4.78 is 5.64. The fraction of sp³-hybridized carbons (Fsp3) is 0.421. The first-order valence-corrected chi connectivity index (χ1v) is 8.93. The maximum absolute atomic E-state index is 11.2. The molecule has 2 heterocycles. The summed E-state index contributed by atoms with van der Waals surface area (Å²) in [4.78, 5) is 28.9. The second-order valence-electron chi connectivity index (χ2n) is 6.45. The number of pyridine rings is 1. The molecule has 1 aromatic carbocycles. The Hall–Kier alpha value is -2.67. The van der Waals surface area contributed by atoms with Gasteiger partial charge in [-0.15, -0.1) is 0 Å². The number of ether oxygens (including phenoxy) is 1. The highest BCUT2D eigenvalue weighted by atomic mass is 16.5. The molecule has 0 spiro atoms. The number of nitrogen functional groups attached to an aromatic ring is 1. The van der Waals surface area contributed by atoms with E-state index >= 15 is 0 Å². The summed E-state index contributed by atoms with van der Waals surface area (Å²) in [5, 5.41) is 2.82. The molecular formula is C19H24N4O3. The molecule has 1 aliphatic heterocycles. The Balaban J connectivity index is 1.41. The van der Waals surface area contributed by atoms with Crippen molar-refractivity contribution in [1.82, 2.24) is 9.88 Å². The van der Waals surface area contributed by atoms with Gasteiger partial charge in [0.05, 0.1) is 0 Å². The van der Waals surface area contributed by atoms with Gasteiger partial charge in [-0.25, -0.2) is 4.98 Å². The minimum Gasteiger partial charge on any atom is -0.473 e. The lowest BCUT2D eigenvalue weighted by molar-refractivity contribution is 0.220. The van der Waals surface area contributed by atoms with E-state index in [4.69, 9.17) is 10.5 Å². The van der Waals surface area contributed by atoms with Crippen molar-refractivity contribution < 1.29 is 4.74 Å². The lowest BCUT2D eigenvalue weighted by atomic mass is 10.1. The lowest BCUT2D eigenvalue weighted by Gasteiger charge is -2.26. The molecule has 2 aromatic rings. The standard InChI is InChI=1S/C19H24N4O3/c20-16-17(19(25)18(16)24)22-7-2-5-11-26-15-12-14(6-8-21-15)13-23-9-3-1-4-10-23/h2,5-6,8,12,22H,1,3-4,7,9-11,13,20H2/b5-2+. The van der Waals surface area contributed by atoms with E-state index in [1.807, 2.05) is 24.3 Å². The Kier molecular flexibility index (Phi) is 6.01. The number of aromatic nitrogens is 1. The van der Waals surface area contributed by atoms with Crippen molar-refractivity contribution in [3.8, 4) is 5.88 Å². The maximum Gasteiger partial charge on any atom is 0.253 e. The molecule has 0 radical (unpaired) electrons. The molecular weight excluding hydrogens is 332 g/mol. The smallest absolute Gasteiger partial charge is 0.253 e. The van der Waals surface area contributed by atoms with E-state index in [9.17, 15) is 9.59 Å². The highest BCUT2D eigenvalue weighted by molar-refractivity contribution is 5.71. The van der Waals surface area contributed by atoms with Crippen LogP contribution in [0.1, 0.15) is 24.8 Å². The molecule has 1 fully saturated rings. The summed E-state index contributed by atoms with van der Waals surface area (Å²) in [6.07, 6.45) is 9.29. The van der Waals surface area contributed by atoms with Gasteiger partial charge in [0, 0.05) is 25.4 Å². The van der Waals surface area contributed by atoms with Gasteiger partial charge in [0.15, 0.2) is 0 Å². The SMILES string of the molecule is Nc1c(NC/C=C/COc2cc(CN3CCCCC3)ccn2)c(=O)c1=O. The molecule has 7 nitrogen and oxygen atoms in total. The van der Waals surface area contributed by atoms with Crippen molar-refractivity contribution in [3.63, 3.8) is 0 Å². The van der Waals surface area contributed by atoms with E-state index in [2.05, 4.69) is 15.2 Å².